The smallest absolute Gasteiger partial charge is 0.407 e. The molecule has 1 fully saturated rings. The highest BCUT2D eigenvalue weighted by Gasteiger charge is 2.38. The zero-order valence-electron chi connectivity index (χ0n) is 11.6. The molecule has 0 spiro atoms. The number of ketones is 1. The zero-order chi connectivity index (χ0) is 14.5. The number of carbonyl (C=O) groups excluding carboxylic acids is 2. The molecule has 2 unspecified atom stereocenters. The van der Waals surface area contributed by atoms with Crippen LogP contribution in [0.2, 0.25) is 0 Å². The molecule has 0 aromatic rings. The van der Waals surface area contributed by atoms with Crippen molar-refractivity contribution in [2.24, 2.45) is 0 Å². The summed E-state index contributed by atoms with van der Waals surface area (Å²) < 4.78 is 15.9. The molecule has 6 heteroatoms. The van der Waals surface area contributed by atoms with E-state index in [1.54, 1.807) is 13.8 Å². The summed E-state index contributed by atoms with van der Waals surface area (Å²) in [5.41, 5.74) is 0. The van der Waals surface area contributed by atoms with Crippen LogP contribution in [-0.2, 0) is 19.0 Å². The Morgan fingerprint density at radius 1 is 1.58 bits per heavy atom. The highest BCUT2D eigenvalue weighted by molar-refractivity contribution is 5.77. The summed E-state index contributed by atoms with van der Waals surface area (Å²) in [4.78, 5) is 22.8. The normalized spacial score (nSPS) is 22.6. The fraction of sp³-hybridized carbons (Fsp3) is 0.692. The molecule has 0 aliphatic carbocycles. The molecule has 2 atom stereocenters. The molecule has 1 amide bonds. The van der Waals surface area contributed by atoms with E-state index in [1.165, 1.54) is 13.0 Å². The van der Waals surface area contributed by atoms with E-state index in [-0.39, 0.29) is 24.9 Å². The lowest BCUT2D eigenvalue weighted by Crippen LogP contribution is -2.46. The maximum Gasteiger partial charge on any atom is 0.407 e. The maximum absolute atomic E-state index is 11.5. The second-order valence-electron chi connectivity index (χ2n) is 4.91. The standard InChI is InChI=1S/C13H21NO5/c1-5-6-17-12(16)14-10(7-9(2)15)11-8-18-13(3,4)19-11/h5,10-11H,1,6-8H2,2-4H3,(H,14,16). The molecule has 0 aromatic heterocycles. The van der Waals surface area contributed by atoms with Crippen molar-refractivity contribution < 1.29 is 23.8 Å². The Morgan fingerprint density at radius 2 is 2.26 bits per heavy atom. The van der Waals surface area contributed by atoms with Crippen LogP contribution in [0.5, 0.6) is 0 Å². The summed E-state index contributed by atoms with van der Waals surface area (Å²) in [6, 6.07) is -0.461. The third-order valence-electron chi connectivity index (χ3n) is 2.62. The van der Waals surface area contributed by atoms with Gasteiger partial charge in [0.2, 0.25) is 0 Å². The molecule has 108 valence electrons. The summed E-state index contributed by atoms with van der Waals surface area (Å²) >= 11 is 0. The number of nitrogens with one attached hydrogen (secondary N) is 1. The first-order valence-corrected chi connectivity index (χ1v) is 6.19. The summed E-state index contributed by atoms with van der Waals surface area (Å²) in [6.07, 6.45) is 0.681. The Kier molecular flexibility index (Phi) is 5.50. The third kappa shape index (κ3) is 5.40. The van der Waals surface area contributed by atoms with E-state index in [1.807, 2.05) is 0 Å². The van der Waals surface area contributed by atoms with Crippen LogP contribution in [0.1, 0.15) is 27.2 Å². The van der Waals surface area contributed by atoms with E-state index in [2.05, 4.69) is 11.9 Å². The van der Waals surface area contributed by atoms with Gasteiger partial charge in [-0.15, -0.1) is 0 Å². The lowest BCUT2D eigenvalue weighted by molar-refractivity contribution is -0.143. The average molecular weight is 271 g/mol. The van der Waals surface area contributed by atoms with Gasteiger partial charge >= 0.3 is 6.09 Å². The number of Topliss-reactive ketones (excluding diaryl/α,β-unsaturated/α-hetero) is 1. The van der Waals surface area contributed by atoms with Crippen LogP contribution in [0.4, 0.5) is 4.79 Å². The first-order valence-electron chi connectivity index (χ1n) is 6.19. The van der Waals surface area contributed by atoms with Crippen molar-refractivity contribution >= 4 is 11.9 Å². The van der Waals surface area contributed by atoms with Crippen LogP contribution in [0.25, 0.3) is 0 Å². The molecule has 19 heavy (non-hydrogen) atoms. The van der Waals surface area contributed by atoms with E-state index in [0.29, 0.717) is 6.61 Å². The van der Waals surface area contributed by atoms with Gasteiger partial charge in [-0.25, -0.2) is 4.79 Å². The fourth-order valence-electron chi connectivity index (χ4n) is 1.83. The van der Waals surface area contributed by atoms with Gasteiger partial charge in [0.05, 0.1) is 12.6 Å². The van der Waals surface area contributed by atoms with Gasteiger partial charge in [-0.05, 0) is 20.8 Å². The summed E-state index contributed by atoms with van der Waals surface area (Å²) in [7, 11) is 0. The van der Waals surface area contributed by atoms with Gasteiger partial charge in [-0.1, -0.05) is 12.7 Å². The molecule has 1 rings (SSSR count). The predicted octanol–water partition coefficient (Wildman–Crippen LogP) is 1.40. The Labute approximate surface area is 113 Å². The lowest BCUT2D eigenvalue weighted by Gasteiger charge is -2.24. The highest BCUT2D eigenvalue weighted by Crippen LogP contribution is 2.25. The minimum atomic E-state index is -0.702. The molecule has 6 nitrogen and oxygen atoms in total. The van der Waals surface area contributed by atoms with Crippen LogP contribution in [0.15, 0.2) is 12.7 Å². The van der Waals surface area contributed by atoms with Crippen LogP contribution < -0.4 is 5.32 Å². The number of ether oxygens (including phenoxy) is 3. The zero-order valence-corrected chi connectivity index (χ0v) is 11.6. The van der Waals surface area contributed by atoms with Gasteiger partial charge in [-0.2, -0.15) is 0 Å². The molecule has 0 saturated carbocycles. The summed E-state index contributed by atoms with van der Waals surface area (Å²) in [5.74, 6) is -0.741. The summed E-state index contributed by atoms with van der Waals surface area (Å²) in [6.45, 7) is 8.93. The fourth-order valence-corrected chi connectivity index (χ4v) is 1.83. The topological polar surface area (TPSA) is 73.9 Å². The maximum atomic E-state index is 11.5. The van der Waals surface area contributed by atoms with Crippen LogP contribution >= 0.6 is 0 Å². The predicted molar refractivity (Wildman–Crippen MR) is 68.7 cm³/mol. The van der Waals surface area contributed by atoms with Crippen molar-refractivity contribution in [3.8, 4) is 0 Å². The first-order chi connectivity index (χ1) is 8.84. The number of hydrogen-bond acceptors (Lipinski definition) is 5. The Bertz CT molecular complexity index is 353. The van der Waals surface area contributed by atoms with Gasteiger partial charge in [0.15, 0.2) is 5.79 Å². The van der Waals surface area contributed by atoms with Crippen molar-refractivity contribution in [2.45, 2.75) is 45.1 Å². The number of alkyl carbamates (subject to hydrolysis) is 1. The second-order valence-corrected chi connectivity index (χ2v) is 4.91. The number of rotatable bonds is 6. The molecule has 1 saturated heterocycles. The second kappa shape index (κ2) is 6.68. The SMILES string of the molecule is C=CCOC(=O)NC(CC(C)=O)C1COC(C)(C)O1. The summed E-state index contributed by atoms with van der Waals surface area (Å²) in [5, 5.41) is 2.63. The van der Waals surface area contributed by atoms with Crippen molar-refractivity contribution in [2.75, 3.05) is 13.2 Å². The number of carbonyl (C=O) groups is 2. The van der Waals surface area contributed by atoms with Gasteiger partial charge in [0.25, 0.3) is 0 Å². The first kappa shape index (κ1) is 15.7. The third-order valence-corrected chi connectivity index (χ3v) is 2.62. The van der Waals surface area contributed by atoms with Crippen LogP contribution in [0.3, 0.4) is 0 Å². The monoisotopic (exact) mass is 271 g/mol. The minimum Gasteiger partial charge on any atom is -0.445 e. The molecular weight excluding hydrogens is 250 g/mol. The molecule has 1 heterocycles. The van der Waals surface area contributed by atoms with Gasteiger partial charge < -0.3 is 19.5 Å². The quantitative estimate of drug-likeness (QED) is 0.739. The minimum absolute atomic E-state index is 0.0395. The number of amides is 1. The Balaban J connectivity index is 2.59. The van der Waals surface area contributed by atoms with E-state index >= 15 is 0 Å². The lowest BCUT2D eigenvalue weighted by atomic mass is 10.1. The van der Waals surface area contributed by atoms with E-state index < -0.39 is 17.9 Å². The van der Waals surface area contributed by atoms with Gasteiger partial charge in [-0.3, -0.25) is 4.79 Å². The molecular formula is C13H21NO5. The van der Waals surface area contributed by atoms with E-state index in [9.17, 15) is 9.59 Å². The van der Waals surface area contributed by atoms with Crippen molar-refractivity contribution in [3.63, 3.8) is 0 Å². The number of hydrogen-bond donors (Lipinski definition) is 1. The van der Waals surface area contributed by atoms with Gasteiger partial charge in [0, 0.05) is 6.42 Å². The van der Waals surface area contributed by atoms with Gasteiger partial charge in [0.1, 0.15) is 18.5 Å². The molecule has 1 N–H and O–H groups in total. The Morgan fingerprint density at radius 3 is 2.74 bits per heavy atom. The molecule has 1 aliphatic heterocycles. The highest BCUT2D eigenvalue weighted by atomic mass is 16.7. The van der Waals surface area contributed by atoms with Crippen molar-refractivity contribution in [3.05, 3.63) is 12.7 Å². The van der Waals surface area contributed by atoms with Crippen molar-refractivity contribution in [1.82, 2.24) is 5.32 Å². The molecule has 0 aromatic carbocycles. The van der Waals surface area contributed by atoms with E-state index in [4.69, 9.17) is 14.2 Å². The van der Waals surface area contributed by atoms with Crippen molar-refractivity contribution in [1.29, 1.82) is 0 Å². The molecule has 1 aliphatic rings. The molecule has 0 bridgehead atoms. The largest absolute Gasteiger partial charge is 0.445 e. The van der Waals surface area contributed by atoms with Crippen LogP contribution in [-0.4, -0.2) is 43.0 Å². The Hall–Kier alpha value is -1.40. The average Bonchev–Trinajstić information content (AvgIpc) is 2.65. The van der Waals surface area contributed by atoms with E-state index in [0.717, 1.165) is 0 Å². The molecule has 0 radical (unpaired) electrons. The van der Waals surface area contributed by atoms with Crippen LogP contribution in [0, 0.1) is 0 Å².